The Hall–Kier alpha value is -1.62. The molecule has 1 amide bonds. The van der Waals surface area contributed by atoms with Gasteiger partial charge < -0.3 is 15.4 Å². The van der Waals surface area contributed by atoms with Crippen LogP contribution in [0.4, 0.5) is 9.18 Å². The average Bonchev–Trinajstić information content (AvgIpc) is 2.43. The highest BCUT2D eigenvalue weighted by Crippen LogP contribution is 2.09. The number of alkyl carbamates (subject to hydrolysis) is 1. The zero-order valence-corrected chi connectivity index (χ0v) is 15.5. The Morgan fingerprint density at radius 2 is 2.04 bits per heavy atom. The van der Waals surface area contributed by atoms with E-state index in [-0.39, 0.29) is 17.9 Å². The molecule has 0 saturated heterocycles. The van der Waals surface area contributed by atoms with E-state index < -0.39 is 11.7 Å². The highest BCUT2D eigenvalue weighted by Gasteiger charge is 2.18. The molecule has 24 heavy (non-hydrogen) atoms. The monoisotopic (exact) mass is 338 g/mol. The second kappa shape index (κ2) is 9.62. The summed E-state index contributed by atoms with van der Waals surface area (Å²) in [5, 5.41) is 6.33. The fraction of sp³-hybridized carbons (Fsp3) is 0.632. The SMILES string of the molecule is CCCC(CNC(=O)OC(C)(C)C)NC(C)Cc1cccc(F)c1. The molecular formula is C19H31FN2O2. The van der Waals surface area contributed by atoms with Crippen molar-refractivity contribution in [3.8, 4) is 0 Å². The predicted octanol–water partition coefficient (Wildman–Crippen LogP) is 4.04. The first-order valence-corrected chi connectivity index (χ1v) is 8.67. The van der Waals surface area contributed by atoms with Crippen LogP contribution in [0.1, 0.15) is 53.0 Å². The number of rotatable bonds is 8. The summed E-state index contributed by atoms with van der Waals surface area (Å²) in [5.74, 6) is -0.212. The Kier molecular flexibility index (Phi) is 8.19. The summed E-state index contributed by atoms with van der Waals surface area (Å²) in [6.07, 6.45) is 2.30. The number of amides is 1. The van der Waals surface area contributed by atoms with Crippen molar-refractivity contribution < 1.29 is 13.9 Å². The molecule has 0 fully saturated rings. The molecule has 0 aliphatic heterocycles. The van der Waals surface area contributed by atoms with E-state index in [0.717, 1.165) is 24.8 Å². The first-order valence-electron chi connectivity index (χ1n) is 8.67. The molecule has 0 saturated carbocycles. The van der Waals surface area contributed by atoms with Crippen LogP contribution >= 0.6 is 0 Å². The van der Waals surface area contributed by atoms with Crippen molar-refractivity contribution in [2.24, 2.45) is 0 Å². The van der Waals surface area contributed by atoms with Gasteiger partial charge in [0.25, 0.3) is 0 Å². The third-order valence-corrected chi connectivity index (χ3v) is 3.48. The van der Waals surface area contributed by atoms with E-state index in [0.29, 0.717) is 6.54 Å². The Labute approximate surface area is 145 Å². The summed E-state index contributed by atoms with van der Waals surface area (Å²) in [5.41, 5.74) is 0.466. The van der Waals surface area contributed by atoms with Crippen molar-refractivity contribution in [1.29, 1.82) is 0 Å². The van der Waals surface area contributed by atoms with Gasteiger partial charge in [0.2, 0.25) is 0 Å². The van der Waals surface area contributed by atoms with Crippen molar-refractivity contribution in [3.05, 3.63) is 35.6 Å². The lowest BCUT2D eigenvalue weighted by molar-refractivity contribution is 0.0521. The molecule has 0 aliphatic rings. The molecule has 2 unspecified atom stereocenters. The van der Waals surface area contributed by atoms with Crippen LogP contribution in [0.15, 0.2) is 24.3 Å². The van der Waals surface area contributed by atoms with Gasteiger partial charge in [0.1, 0.15) is 11.4 Å². The van der Waals surface area contributed by atoms with Crippen molar-refractivity contribution >= 4 is 6.09 Å². The van der Waals surface area contributed by atoms with Crippen LogP contribution in [0.2, 0.25) is 0 Å². The van der Waals surface area contributed by atoms with Crippen LogP contribution in [-0.4, -0.2) is 30.3 Å². The normalized spacial score (nSPS) is 14.1. The molecule has 1 aromatic carbocycles. The second-order valence-electron chi connectivity index (χ2n) is 7.27. The van der Waals surface area contributed by atoms with Crippen LogP contribution in [0.25, 0.3) is 0 Å². The molecule has 136 valence electrons. The maximum Gasteiger partial charge on any atom is 0.407 e. The number of benzene rings is 1. The Morgan fingerprint density at radius 1 is 1.33 bits per heavy atom. The summed E-state index contributed by atoms with van der Waals surface area (Å²) in [4.78, 5) is 11.8. The molecule has 1 rings (SSSR count). The summed E-state index contributed by atoms with van der Waals surface area (Å²) in [7, 11) is 0. The first-order chi connectivity index (χ1) is 11.2. The van der Waals surface area contributed by atoms with E-state index in [9.17, 15) is 9.18 Å². The maximum absolute atomic E-state index is 13.3. The lowest BCUT2D eigenvalue weighted by atomic mass is 10.0. The first kappa shape index (κ1) is 20.4. The van der Waals surface area contributed by atoms with Gasteiger partial charge in [-0.2, -0.15) is 0 Å². The number of ether oxygens (including phenoxy) is 1. The van der Waals surface area contributed by atoms with Gasteiger partial charge in [0.15, 0.2) is 0 Å². The van der Waals surface area contributed by atoms with Gasteiger partial charge in [-0.1, -0.05) is 25.5 Å². The highest BCUT2D eigenvalue weighted by molar-refractivity contribution is 5.67. The van der Waals surface area contributed by atoms with E-state index in [1.807, 2.05) is 26.8 Å². The summed E-state index contributed by atoms with van der Waals surface area (Å²) in [6.45, 7) is 10.2. The van der Waals surface area contributed by atoms with Gasteiger partial charge in [-0.25, -0.2) is 9.18 Å². The van der Waals surface area contributed by atoms with E-state index >= 15 is 0 Å². The van der Waals surface area contributed by atoms with Crippen molar-refractivity contribution in [2.75, 3.05) is 6.54 Å². The van der Waals surface area contributed by atoms with Crippen LogP contribution < -0.4 is 10.6 Å². The largest absolute Gasteiger partial charge is 0.444 e. The molecule has 5 heteroatoms. The third kappa shape index (κ3) is 8.87. The van der Waals surface area contributed by atoms with Crippen molar-refractivity contribution in [3.63, 3.8) is 0 Å². The number of nitrogens with one attached hydrogen (secondary N) is 2. The van der Waals surface area contributed by atoms with E-state index in [2.05, 4.69) is 24.5 Å². The van der Waals surface area contributed by atoms with Crippen molar-refractivity contribution in [2.45, 2.75) is 71.6 Å². The molecule has 2 N–H and O–H groups in total. The summed E-state index contributed by atoms with van der Waals surface area (Å²) < 4.78 is 18.5. The Bertz CT molecular complexity index is 514. The quantitative estimate of drug-likeness (QED) is 0.752. The van der Waals surface area contributed by atoms with E-state index in [1.54, 1.807) is 12.1 Å². The zero-order valence-electron chi connectivity index (χ0n) is 15.5. The molecule has 2 atom stereocenters. The number of hydrogen-bond donors (Lipinski definition) is 2. The minimum atomic E-state index is -0.498. The van der Waals surface area contributed by atoms with E-state index in [1.165, 1.54) is 6.07 Å². The molecule has 0 heterocycles. The van der Waals surface area contributed by atoms with Gasteiger partial charge in [0, 0.05) is 18.6 Å². The zero-order chi connectivity index (χ0) is 18.2. The van der Waals surface area contributed by atoms with Crippen LogP contribution in [-0.2, 0) is 11.2 Å². The van der Waals surface area contributed by atoms with Crippen LogP contribution in [0.3, 0.4) is 0 Å². The summed E-state index contributed by atoms with van der Waals surface area (Å²) >= 11 is 0. The molecule has 0 radical (unpaired) electrons. The summed E-state index contributed by atoms with van der Waals surface area (Å²) in [6, 6.07) is 7.01. The van der Waals surface area contributed by atoms with Gasteiger partial charge in [-0.15, -0.1) is 0 Å². The molecule has 0 aliphatic carbocycles. The second-order valence-corrected chi connectivity index (χ2v) is 7.27. The molecule has 0 spiro atoms. The number of carbonyl (C=O) groups is 1. The highest BCUT2D eigenvalue weighted by atomic mass is 19.1. The lowest BCUT2D eigenvalue weighted by Crippen LogP contribution is -2.46. The molecule has 0 aromatic heterocycles. The van der Waals surface area contributed by atoms with Gasteiger partial charge in [-0.05, 0) is 58.2 Å². The fourth-order valence-electron chi connectivity index (χ4n) is 2.59. The van der Waals surface area contributed by atoms with Gasteiger partial charge in [0.05, 0.1) is 0 Å². The number of halogens is 1. The minimum absolute atomic E-state index is 0.158. The maximum atomic E-state index is 13.3. The standard InChI is InChI=1S/C19H31FN2O2/c1-6-8-17(13-21-18(23)24-19(3,4)5)22-14(2)11-15-9-7-10-16(20)12-15/h7,9-10,12,14,17,22H,6,8,11,13H2,1-5H3,(H,21,23). The third-order valence-electron chi connectivity index (χ3n) is 3.48. The average molecular weight is 338 g/mol. The van der Waals surface area contributed by atoms with Crippen LogP contribution in [0, 0.1) is 5.82 Å². The topological polar surface area (TPSA) is 50.4 Å². The molecule has 4 nitrogen and oxygen atoms in total. The molecular weight excluding hydrogens is 307 g/mol. The molecule has 0 bridgehead atoms. The Balaban J connectivity index is 2.48. The lowest BCUT2D eigenvalue weighted by Gasteiger charge is -2.25. The van der Waals surface area contributed by atoms with Gasteiger partial charge in [-0.3, -0.25) is 0 Å². The minimum Gasteiger partial charge on any atom is -0.444 e. The number of hydrogen-bond acceptors (Lipinski definition) is 3. The smallest absolute Gasteiger partial charge is 0.407 e. The predicted molar refractivity (Wildman–Crippen MR) is 95.6 cm³/mol. The van der Waals surface area contributed by atoms with E-state index in [4.69, 9.17) is 4.74 Å². The molecule has 1 aromatic rings. The Morgan fingerprint density at radius 3 is 2.62 bits per heavy atom. The van der Waals surface area contributed by atoms with Crippen molar-refractivity contribution in [1.82, 2.24) is 10.6 Å². The fourth-order valence-corrected chi connectivity index (χ4v) is 2.59. The van der Waals surface area contributed by atoms with Crippen LogP contribution in [0.5, 0.6) is 0 Å². The number of carbonyl (C=O) groups excluding carboxylic acids is 1. The van der Waals surface area contributed by atoms with Gasteiger partial charge >= 0.3 is 6.09 Å².